The van der Waals surface area contributed by atoms with Crippen molar-refractivity contribution in [1.29, 1.82) is 0 Å². The number of esters is 1. The number of benzene rings is 1. The van der Waals surface area contributed by atoms with E-state index in [0.717, 1.165) is 13.3 Å². The van der Waals surface area contributed by atoms with Gasteiger partial charge in [-0.15, -0.1) is 0 Å². The van der Waals surface area contributed by atoms with Gasteiger partial charge >= 0.3 is 5.97 Å². The van der Waals surface area contributed by atoms with Gasteiger partial charge in [0.25, 0.3) is 0 Å². The van der Waals surface area contributed by atoms with E-state index in [2.05, 4.69) is 0 Å². The van der Waals surface area contributed by atoms with Crippen molar-refractivity contribution in [2.75, 3.05) is 13.7 Å². The molecule has 1 fully saturated rings. The van der Waals surface area contributed by atoms with E-state index in [0.29, 0.717) is 6.07 Å². The monoisotopic (exact) mass is 341 g/mol. The number of ether oxygens (including phenoxy) is 2. The van der Waals surface area contributed by atoms with E-state index in [4.69, 9.17) is 9.47 Å². The zero-order valence-corrected chi connectivity index (χ0v) is 12.9. The van der Waals surface area contributed by atoms with Crippen molar-refractivity contribution in [3.63, 3.8) is 0 Å². The second-order valence-corrected chi connectivity index (χ2v) is 5.42. The van der Waals surface area contributed by atoms with Crippen LogP contribution in [0.2, 0.25) is 0 Å². The van der Waals surface area contributed by atoms with E-state index >= 15 is 0 Å². The number of nitrogens with zero attached hydrogens (tertiary/aromatic N) is 1. The van der Waals surface area contributed by atoms with E-state index in [1.165, 1.54) is 4.57 Å². The summed E-state index contributed by atoms with van der Waals surface area (Å²) in [5, 5.41) is -0.268. The number of carbonyl (C=O) groups excluding carboxylic acids is 1. The van der Waals surface area contributed by atoms with Crippen LogP contribution in [0.15, 0.2) is 17.1 Å². The summed E-state index contributed by atoms with van der Waals surface area (Å²) >= 11 is 0. The van der Waals surface area contributed by atoms with Gasteiger partial charge in [0.2, 0.25) is 11.2 Å². The zero-order valence-electron chi connectivity index (χ0n) is 12.9. The molecule has 0 saturated heterocycles. The Morgan fingerprint density at radius 2 is 2.08 bits per heavy atom. The standard InChI is InChI=1S/C16H14F3NO4/c1-3-24-16(22)8-6-20(11-5-9(11)17)13-7(14(8)21)4-10(18)12(19)15(13)23-2/h4,6,9,11H,3,5H2,1-2H3/t9-,11+/m1/s1. The molecule has 1 heterocycles. The smallest absolute Gasteiger partial charge is 0.343 e. The highest BCUT2D eigenvalue weighted by atomic mass is 19.2. The molecule has 1 aromatic carbocycles. The average molecular weight is 341 g/mol. The maximum Gasteiger partial charge on any atom is 0.343 e. The molecule has 2 atom stereocenters. The molecule has 0 aliphatic heterocycles. The summed E-state index contributed by atoms with van der Waals surface area (Å²) < 4.78 is 52.3. The highest BCUT2D eigenvalue weighted by molar-refractivity contribution is 5.95. The van der Waals surface area contributed by atoms with Gasteiger partial charge in [0.05, 0.1) is 30.7 Å². The van der Waals surface area contributed by atoms with Crippen LogP contribution in [-0.2, 0) is 4.74 Å². The molecule has 1 aromatic heterocycles. The summed E-state index contributed by atoms with van der Waals surface area (Å²) in [4.78, 5) is 24.5. The van der Waals surface area contributed by atoms with Crippen molar-refractivity contribution < 1.29 is 27.4 Å². The van der Waals surface area contributed by atoms with Crippen LogP contribution in [0, 0.1) is 11.6 Å². The summed E-state index contributed by atoms with van der Waals surface area (Å²) in [5.41, 5.74) is -1.27. The van der Waals surface area contributed by atoms with Gasteiger partial charge in [-0.2, -0.15) is 4.39 Å². The van der Waals surface area contributed by atoms with Crippen LogP contribution in [0.3, 0.4) is 0 Å². The number of pyridine rings is 1. The van der Waals surface area contributed by atoms with Crippen LogP contribution >= 0.6 is 0 Å². The Balaban J connectivity index is 2.40. The number of fused-ring (bicyclic) bond motifs is 1. The van der Waals surface area contributed by atoms with Crippen molar-refractivity contribution in [2.45, 2.75) is 25.6 Å². The number of halogens is 3. The molecule has 1 aliphatic rings. The predicted octanol–water partition coefficient (Wildman–Crippen LogP) is 2.75. The van der Waals surface area contributed by atoms with E-state index in [1.807, 2.05) is 0 Å². The van der Waals surface area contributed by atoms with Crippen molar-refractivity contribution >= 4 is 16.9 Å². The Morgan fingerprint density at radius 1 is 1.42 bits per heavy atom. The number of alkyl halides is 1. The molecule has 5 nitrogen and oxygen atoms in total. The van der Waals surface area contributed by atoms with Crippen LogP contribution in [0.25, 0.3) is 10.9 Å². The van der Waals surface area contributed by atoms with Crippen LogP contribution < -0.4 is 10.2 Å². The minimum atomic E-state index is -1.29. The third-order valence-corrected chi connectivity index (χ3v) is 3.90. The lowest BCUT2D eigenvalue weighted by atomic mass is 10.1. The van der Waals surface area contributed by atoms with Crippen molar-refractivity contribution in [2.24, 2.45) is 0 Å². The molecule has 24 heavy (non-hydrogen) atoms. The second kappa shape index (κ2) is 5.85. The first-order valence-corrected chi connectivity index (χ1v) is 7.32. The number of methoxy groups -OCH3 is 1. The summed E-state index contributed by atoms with van der Waals surface area (Å²) in [5.74, 6) is -3.98. The molecule has 0 radical (unpaired) electrons. The van der Waals surface area contributed by atoms with Crippen LogP contribution in [0.4, 0.5) is 13.2 Å². The fraction of sp³-hybridized carbons (Fsp3) is 0.375. The van der Waals surface area contributed by atoms with Gasteiger partial charge in [0.1, 0.15) is 11.7 Å². The fourth-order valence-electron chi connectivity index (χ4n) is 2.67. The van der Waals surface area contributed by atoms with Gasteiger partial charge in [-0.1, -0.05) is 0 Å². The molecule has 3 rings (SSSR count). The van der Waals surface area contributed by atoms with Gasteiger partial charge in [-0.05, 0) is 13.0 Å². The average Bonchev–Trinajstić information content (AvgIpc) is 3.26. The lowest BCUT2D eigenvalue weighted by Gasteiger charge is -2.16. The second-order valence-electron chi connectivity index (χ2n) is 5.42. The topological polar surface area (TPSA) is 57.5 Å². The van der Waals surface area contributed by atoms with E-state index < -0.39 is 41.0 Å². The largest absolute Gasteiger partial charge is 0.491 e. The minimum Gasteiger partial charge on any atom is -0.491 e. The molecule has 0 N–H and O–H groups in total. The van der Waals surface area contributed by atoms with Gasteiger partial charge in [-0.3, -0.25) is 4.79 Å². The summed E-state index contributed by atoms with van der Waals surface area (Å²) in [6, 6.07) is 0.00436. The van der Waals surface area contributed by atoms with Crippen molar-refractivity contribution in [3.05, 3.63) is 39.7 Å². The number of hydrogen-bond donors (Lipinski definition) is 0. The van der Waals surface area contributed by atoms with Crippen LogP contribution in [-0.4, -0.2) is 30.4 Å². The molecule has 1 saturated carbocycles. The first kappa shape index (κ1) is 16.4. The first-order valence-electron chi connectivity index (χ1n) is 7.32. The molecule has 0 bridgehead atoms. The molecule has 2 aromatic rings. The van der Waals surface area contributed by atoms with Gasteiger partial charge < -0.3 is 14.0 Å². The lowest BCUT2D eigenvalue weighted by molar-refractivity contribution is 0.0524. The molecule has 0 amide bonds. The van der Waals surface area contributed by atoms with Crippen LogP contribution in [0.5, 0.6) is 5.75 Å². The molecule has 0 unspecified atom stereocenters. The fourth-order valence-corrected chi connectivity index (χ4v) is 2.67. The van der Waals surface area contributed by atoms with Crippen molar-refractivity contribution in [3.8, 4) is 5.75 Å². The Morgan fingerprint density at radius 3 is 2.62 bits per heavy atom. The molecule has 128 valence electrons. The molecule has 1 aliphatic carbocycles. The van der Waals surface area contributed by atoms with Gasteiger partial charge in [-0.25, -0.2) is 13.6 Å². The lowest BCUT2D eigenvalue weighted by Crippen LogP contribution is -2.22. The van der Waals surface area contributed by atoms with E-state index in [9.17, 15) is 22.8 Å². The number of carbonyl (C=O) groups is 1. The zero-order chi connectivity index (χ0) is 17.6. The van der Waals surface area contributed by atoms with Crippen LogP contribution in [0.1, 0.15) is 29.7 Å². The maximum absolute atomic E-state index is 14.0. The normalized spacial score (nSPS) is 19.4. The quantitative estimate of drug-likeness (QED) is 0.803. The molecule has 0 spiro atoms. The molecular weight excluding hydrogens is 327 g/mol. The van der Waals surface area contributed by atoms with E-state index in [-0.39, 0.29) is 29.5 Å². The third-order valence-electron chi connectivity index (χ3n) is 3.90. The number of aromatic nitrogens is 1. The minimum absolute atomic E-state index is 0.0343. The highest BCUT2D eigenvalue weighted by Gasteiger charge is 2.41. The van der Waals surface area contributed by atoms with Crippen molar-refractivity contribution in [1.82, 2.24) is 4.57 Å². The Bertz CT molecular complexity index is 893. The van der Waals surface area contributed by atoms with Gasteiger partial charge in [0.15, 0.2) is 11.6 Å². The highest BCUT2D eigenvalue weighted by Crippen LogP contribution is 2.43. The Hall–Kier alpha value is -2.51. The number of rotatable bonds is 4. The summed E-state index contributed by atoms with van der Waals surface area (Å²) in [6.07, 6.45) is 0.0541. The Labute approximate surface area is 134 Å². The Kier molecular flexibility index (Phi) is 3.98. The number of hydrogen-bond acceptors (Lipinski definition) is 4. The predicted molar refractivity (Wildman–Crippen MR) is 79.2 cm³/mol. The summed E-state index contributed by atoms with van der Waals surface area (Å²) in [7, 11) is 1.12. The maximum atomic E-state index is 14.0. The third kappa shape index (κ3) is 2.42. The SMILES string of the molecule is CCOC(=O)c1cn([C@H]2C[C@H]2F)c2c(OC)c(F)c(F)cc2c1=O. The first-order chi connectivity index (χ1) is 11.4. The van der Waals surface area contributed by atoms with Gasteiger partial charge in [0, 0.05) is 12.6 Å². The van der Waals surface area contributed by atoms with E-state index in [1.54, 1.807) is 6.92 Å². The molecule has 8 heteroatoms. The molecular formula is C16H14F3NO4. The summed E-state index contributed by atoms with van der Waals surface area (Å²) in [6.45, 7) is 1.60.